The lowest BCUT2D eigenvalue weighted by Gasteiger charge is -2.25. The third-order valence-electron chi connectivity index (χ3n) is 5.24. The fraction of sp³-hybridized carbons (Fsp3) is 0.750. The molecule has 0 amide bonds. The topological polar surface area (TPSA) is 32.3 Å². The molecule has 0 unspecified atom stereocenters. The van der Waals surface area contributed by atoms with Gasteiger partial charge in [-0.2, -0.15) is 0 Å². The minimum Gasteiger partial charge on any atom is -0.336 e. The monoisotopic (exact) mass is 272 g/mol. The van der Waals surface area contributed by atoms with Crippen LogP contribution in [0.2, 0.25) is 0 Å². The van der Waals surface area contributed by atoms with Crippen LogP contribution in [0.1, 0.15) is 38.2 Å². The maximum absolute atomic E-state index is 4.59. The van der Waals surface area contributed by atoms with E-state index in [0.717, 1.165) is 30.9 Å². The van der Waals surface area contributed by atoms with Crippen molar-refractivity contribution in [3.63, 3.8) is 0 Å². The molecule has 2 atom stereocenters. The fourth-order valence-electron chi connectivity index (χ4n) is 3.86. The highest BCUT2D eigenvalue weighted by Gasteiger charge is 2.44. The van der Waals surface area contributed by atoms with Gasteiger partial charge in [0, 0.05) is 44.1 Å². The zero-order chi connectivity index (χ0) is 13.5. The first kappa shape index (κ1) is 12.6. The maximum Gasteiger partial charge on any atom is 0.225 e. The van der Waals surface area contributed by atoms with Gasteiger partial charge in [-0.05, 0) is 43.6 Å². The highest BCUT2D eigenvalue weighted by molar-refractivity contribution is 5.36. The Morgan fingerprint density at radius 3 is 2.50 bits per heavy atom. The predicted molar refractivity (Wildman–Crippen MR) is 79.9 cm³/mol. The van der Waals surface area contributed by atoms with Crippen LogP contribution in [0, 0.1) is 5.92 Å². The number of hydrogen-bond acceptors (Lipinski definition) is 4. The van der Waals surface area contributed by atoms with Gasteiger partial charge in [-0.1, -0.05) is 6.92 Å². The summed E-state index contributed by atoms with van der Waals surface area (Å²) in [5, 5.41) is 0. The Kier molecular flexibility index (Phi) is 3.14. The number of anilines is 1. The van der Waals surface area contributed by atoms with Crippen molar-refractivity contribution in [2.45, 2.75) is 51.1 Å². The van der Waals surface area contributed by atoms with Gasteiger partial charge >= 0.3 is 0 Å². The molecule has 108 valence electrons. The van der Waals surface area contributed by atoms with Crippen molar-refractivity contribution in [2.24, 2.45) is 5.92 Å². The summed E-state index contributed by atoms with van der Waals surface area (Å²) in [5.41, 5.74) is 1.23. The molecule has 3 aliphatic rings. The van der Waals surface area contributed by atoms with Crippen LogP contribution in [0.4, 0.5) is 5.95 Å². The molecule has 4 nitrogen and oxygen atoms in total. The molecule has 4 rings (SSSR count). The van der Waals surface area contributed by atoms with E-state index in [9.17, 15) is 0 Å². The fourth-order valence-corrected chi connectivity index (χ4v) is 3.86. The number of rotatable bonds is 4. The molecule has 2 aliphatic heterocycles. The second kappa shape index (κ2) is 4.99. The van der Waals surface area contributed by atoms with Gasteiger partial charge in [-0.25, -0.2) is 9.97 Å². The molecule has 3 heterocycles. The van der Waals surface area contributed by atoms with Gasteiger partial charge in [0.25, 0.3) is 0 Å². The van der Waals surface area contributed by atoms with Crippen molar-refractivity contribution >= 4 is 5.95 Å². The van der Waals surface area contributed by atoms with Crippen LogP contribution in [-0.2, 0) is 6.42 Å². The van der Waals surface area contributed by atoms with Crippen LogP contribution in [0.3, 0.4) is 0 Å². The number of aromatic nitrogens is 2. The van der Waals surface area contributed by atoms with Crippen molar-refractivity contribution < 1.29 is 0 Å². The van der Waals surface area contributed by atoms with Gasteiger partial charge in [-0.15, -0.1) is 0 Å². The van der Waals surface area contributed by atoms with E-state index in [1.807, 2.05) is 12.4 Å². The highest BCUT2D eigenvalue weighted by atomic mass is 15.4. The Morgan fingerprint density at radius 2 is 1.80 bits per heavy atom. The maximum atomic E-state index is 4.59. The van der Waals surface area contributed by atoms with E-state index in [-0.39, 0.29) is 0 Å². The molecule has 0 spiro atoms. The SMILES string of the molecule is CCc1cnc(N2CC[C@@H]3[C@@H]2CCN3CC2CC2)nc1. The van der Waals surface area contributed by atoms with Crippen LogP contribution in [0.25, 0.3) is 0 Å². The van der Waals surface area contributed by atoms with Crippen molar-refractivity contribution in [1.29, 1.82) is 0 Å². The van der Waals surface area contributed by atoms with Gasteiger partial charge in [0.1, 0.15) is 0 Å². The third-order valence-corrected chi connectivity index (χ3v) is 5.24. The Morgan fingerprint density at radius 1 is 1.05 bits per heavy atom. The molecule has 0 bridgehead atoms. The summed E-state index contributed by atoms with van der Waals surface area (Å²) < 4.78 is 0. The van der Waals surface area contributed by atoms with Crippen LogP contribution in [-0.4, -0.2) is 46.6 Å². The molecule has 0 radical (unpaired) electrons. The normalized spacial score (nSPS) is 29.9. The number of likely N-dealkylation sites (tertiary alicyclic amines) is 1. The molecule has 2 saturated heterocycles. The van der Waals surface area contributed by atoms with E-state index < -0.39 is 0 Å². The molecule has 20 heavy (non-hydrogen) atoms. The summed E-state index contributed by atoms with van der Waals surface area (Å²) in [6, 6.07) is 1.41. The summed E-state index contributed by atoms with van der Waals surface area (Å²) in [4.78, 5) is 14.4. The van der Waals surface area contributed by atoms with E-state index in [1.165, 1.54) is 44.3 Å². The largest absolute Gasteiger partial charge is 0.336 e. The Bertz CT molecular complexity index is 468. The zero-order valence-electron chi connectivity index (χ0n) is 12.3. The van der Waals surface area contributed by atoms with Crippen LogP contribution < -0.4 is 4.90 Å². The lowest BCUT2D eigenvalue weighted by Crippen LogP contribution is -2.38. The Hall–Kier alpha value is -1.16. The summed E-state index contributed by atoms with van der Waals surface area (Å²) in [6.45, 7) is 5.89. The van der Waals surface area contributed by atoms with Gasteiger partial charge in [0.05, 0.1) is 0 Å². The molecule has 1 aromatic heterocycles. The predicted octanol–water partition coefficient (Wildman–Crippen LogP) is 2.10. The lowest BCUT2D eigenvalue weighted by molar-refractivity contribution is 0.244. The van der Waals surface area contributed by atoms with Crippen molar-refractivity contribution in [3.05, 3.63) is 18.0 Å². The molecule has 0 aromatic carbocycles. The van der Waals surface area contributed by atoms with E-state index in [0.29, 0.717) is 6.04 Å². The van der Waals surface area contributed by atoms with Crippen LogP contribution >= 0.6 is 0 Å². The molecule has 1 saturated carbocycles. The van der Waals surface area contributed by atoms with Crippen LogP contribution in [0.15, 0.2) is 12.4 Å². The first-order valence-corrected chi connectivity index (χ1v) is 8.16. The summed E-state index contributed by atoms with van der Waals surface area (Å²) in [7, 11) is 0. The van der Waals surface area contributed by atoms with Crippen LogP contribution in [0.5, 0.6) is 0 Å². The van der Waals surface area contributed by atoms with Gasteiger partial charge in [0.2, 0.25) is 5.95 Å². The lowest BCUT2D eigenvalue weighted by atomic mass is 10.1. The molecule has 1 aromatic rings. The van der Waals surface area contributed by atoms with E-state index >= 15 is 0 Å². The van der Waals surface area contributed by atoms with Crippen molar-refractivity contribution in [3.8, 4) is 0 Å². The van der Waals surface area contributed by atoms with E-state index in [4.69, 9.17) is 0 Å². The van der Waals surface area contributed by atoms with Gasteiger partial charge in [-0.3, -0.25) is 4.90 Å². The Labute approximate surface area is 121 Å². The smallest absolute Gasteiger partial charge is 0.225 e. The minimum atomic E-state index is 0.654. The number of hydrogen-bond donors (Lipinski definition) is 0. The summed E-state index contributed by atoms with van der Waals surface area (Å²) in [5.74, 6) is 1.95. The van der Waals surface area contributed by atoms with Gasteiger partial charge < -0.3 is 4.90 Å². The summed E-state index contributed by atoms with van der Waals surface area (Å²) in [6.07, 6.45) is 10.5. The molecule has 1 aliphatic carbocycles. The van der Waals surface area contributed by atoms with Gasteiger partial charge in [0.15, 0.2) is 0 Å². The highest BCUT2D eigenvalue weighted by Crippen LogP contribution is 2.37. The number of aryl methyl sites for hydroxylation is 1. The van der Waals surface area contributed by atoms with E-state index in [2.05, 4.69) is 26.7 Å². The second-order valence-electron chi connectivity index (χ2n) is 6.59. The number of fused-ring (bicyclic) bond motifs is 1. The summed E-state index contributed by atoms with van der Waals surface area (Å²) >= 11 is 0. The molecular formula is C16H24N4. The first-order chi connectivity index (χ1) is 9.85. The molecule has 0 N–H and O–H groups in total. The molecule has 3 fully saturated rings. The molecular weight excluding hydrogens is 248 g/mol. The Balaban J connectivity index is 1.47. The first-order valence-electron chi connectivity index (χ1n) is 8.16. The van der Waals surface area contributed by atoms with Crippen molar-refractivity contribution in [2.75, 3.05) is 24.5 Å². The quantitative estimate of drug-likeness (QED) is 0.840. The van der Waals surface area contributed by atoms with Crippen molar-refractivity contribution in [1.82, 2.24) is 14.9 Å². The number of nitrogens with zero attached hydrogens (tertiary/aromatic N) is 4. The zero-order valence-corrected chi connectivity index (χ0v) is 12.3. The standard InChI is InChI=1S/C16H24N4/c1-2-12-9-17-16(18-10-12)20-8-6-14-15(20)5-7-19(14)11-13-3-4-13/h9-10,13-15H,2-8,11H2,1H3/t14-,15+/m1/s1. The third kappa shape index (κ3) is 2.20. The van der Waals surface area contributed by atoms with E-state index in [1.54, 1.807) is 0 Å². The second-order valence-corrected chi connectivity index (χ2v) is 6.59. The minimum absolute atomic E-state index is 0.654. The average molecular weight is 272 g/mol. The average Bonchev–Trinajstić information content (AvgIpc) is 3.07. The molecule has 4 heteroatoms.